The lowest BCUT2D eigenvalue weighted by atomic mass is 9.96. The van der Waals surface area contributed by atoms with Crippen molar-refractivity contribution in [2.75, 3.05) is 0 Å². The summed E-state index contributed by atoms with van der Waals surface area (Å²) >= 11 is 0. The number of ketones is 1. The van der Waals surface area contributed by atoms with E-state index in [2.05, 4.69) is 40.4 Å². The summed E-state index contributed by atoms with van der Waals surface area (Å²) in [6, 6.07) is 14.1. The van der Waals surface area contributed by atoms with Crippen LogP contribution in [-0.2, 0) is 0 Å². The smallest absolute Gasteiger partial charge is 0.165 e. The fraction of sp³-hybridized carbons (Fsp3) is 0.667. The first-order valence-corrected chi connectivity index (χ1v) is 16.2. The zero-order chi connectivity index (χ0) is 18.0. The van der Waals surface area contributed by atoms with E-state index in [1.165, 1.54) is 24.6 Å². The van der Waals surface area contributed by atoms with Crippen molar-refractivity contribution >= 4 is 21.9 Å². The van der Waals surface area contributed by atoms with Gasteiger partial charge in [0, 0.05) is 19.6 Å². The van der Waals surface area contributed by atoms with E-state index < -0.39 is 16.1 Å². The summed E-state index contributed by atoms with van der Waals surface area (Å²) in [5.41, 5.74) is 2.45. The molecule has 1 aliphatic carbocycles. The van der Waals surface area contributed by atoms with Crippen LogP contribution in [0.5, 0.6) is 0 Å². The Hall–Kier alpha value is -0.676. The highest BCUT2D eigenvalue weighted by molar-refractivity contribution is 6.82. The van der Waals surface area contributed by atoms with E-state index >= 15 is 0 Å². The molecule has 0 N–H and O–H groups in total. The molecule has 2 rings (SSSR count). The standard InChI is InChI=1S/C21H36OSi2/c1-7-24(8-2,9-3)20-16-18(23(4,5)6)15-19(20)21(22)17-13-11-10-12-14-17/h10-14,18-20H,7-9,15-16H2,1-6H3/t18-,19-,20-/m0/s1. The van der Waals surface area contributed by atoms with Crippen LogP contribution in [0, 0.1) is 5.92 Å². The van der Waals surface area contributed by atoms with Crippen LogP contribution in [0.4, 0.5) is 0 Å². The molecule has 134 valence electrons. The van der Waals surface area contributed by atoms with Gasteiger partial charge < -0.3 is 0 Å². The second kappa shape index (κ2) is 7.69. The third kappa shape index (κ3) is 3.77. The van der Waals surface area contributed by atoms with Crippen molar-refractivity contribution in [3.05, 3.63) is 35.9 Å². The summed E-state index contributed by atoms with van der Waals surface area (Å²) in [5.74, 6) is 0.726. The maximum atomic E-state index is 13.4. The van der Waals surface area contributed by atoms with Gasteiger partial charge in [0.2, 0.25) is 0 Å². The van der Waals surface area contributed by atoms with Gasteiger partial charge in [-0.3, -0.25) is 4.79 Å². The molecule has 1 saturated carbocycles. The van der Waals surface area contributed by atoms with Crippen LogP contribution in [0.2, 0.25) is 48.9 Å². The van der Waals surface area contributed by atoms with Gasteiger partial charge in [0.05, 0.1) is 8.07 Å². The van der Waals surface area contributed by atoms with E-state index in [0.717, 1.165) is 17.5 Å². The van der Waals surface area contributed by atoms with Gasteiger partial charge in [0.25, 0.3) is 0 Å². The molecule has 3 heteroatoms. The summed E-state index contributed by atoms with van der Waals surface area (Å²) in [6.45, 7) is 14.7. The number of carbonyl (C=O) groups excluding carboxylic acids is 1. The summed E-state index contributed by atoms with van der Waals surface area (Å²) in [5, 5.41) is 0. The molecule has 1 aliphatic rings. The topological polar surface area (TPSA) is 17.1 Å². The van der Waals surface area contributed by atoms with Gasteiger partial charge in [-0.05, 0) is 17.5 Å². The largest absolute Gasteiger partial charge is 0.294 e. The van der Waals surface area contributed by atoms with Gasteiger partial charge in [-0.2, -0.15) is 0 Å². The third-order valence-electron chi connectivity index (χ3n) is 7.08. The Labute approximate surface area is 151 Å². The van der Waals surface area contributed by atoms with E-state index in [1.54, 1.807) is 0 Å². The summed E-state index contributed by atoms with van der Waals surface area (Å²) in [4.78, 5) is 13.4. The lowest BCUT2D eigenvalue weighted by Crippen LogP contribution is -2.41. The molecule has 24 heavy (non-hydrogen) atoms. The number of carbonyl (C=O) groups is 1. The summed E-state index contributed by atoms with van der Waals surface area (Å²) in [6.07, 6.45) is 2.49. The van der Waals surface area contributed by atoms with Crippen LogP contribution in [0.25, 0.3) is 0 Å². The molecular weight excluding hydrogens is 324 g/mol. The van der Waals surface area contributed by atoms with Crippen LogP contribution in [0.3, 0.4) is 0 Å². The number of Topliss-reactive ketones (excluding diaryl/α,β-unsaturated/α-hetero) is 1. The highest BCUT2D eigenvalue weighted by atomic mass is 28.3. The highest BCUT2D eigenvalue weighted by Crippen LogP contribution is 2.56. The second-order valence-corrected chi connectivity index (χ2v) is 20.0. The predicted octanol–water partition coefficient (Wildman–Crippen LogP) is 6.87. The Morgan fingerprint density at radius 1 is 0.958 bits per heavy atom. The lowest BCUT2D eigenvalue weighted by molar-refractivity contribution is 0.0921. The predicted molar refractivity (Wildman–Crippen MR) is 112 cm³/mol. The number of hydrogen-bond acceptors (Lipinski definition) is 1. The van der Waals surface area contributed by atoms with Crippen LogP contribution in [0.1, 0.15) is 44.0 Å². The molecule has 0 radical (unpaired) electrons. The van der Waals surface area contributed by atoms with Gasteiger partial charge in [-0.1, -0.05) is 95.3 Å². The van der Waals surface area contributed by atoms with Crippen LogP contribution in [0.15, 0.2) is 30.3 Å². The minimum absolute atomic E-state index is 0.288. The van der Waals surface area contributed by atoms with E-state index in [1.807, 2.05) is 30.3 Å². The van der Waals surface area contributed by atoms with Crippen molar-refractivity contribution in [2.24, 2.45) is 5.92 Å². The van der Waals surface area contributed by atoms with Crippen molar-refractivity contribution in [1.82, 2.24) is 0 Å². The van der Waals surface area contributed by atoms with Gasteiger partial charge in [-0.15, -0.1) is 0 Å². The van der Waals surface area contributed by atoms with Crippen molar-refractivity contribution in [3.63, 3.8) is 0 Å². The van der Waals surface area contributed by atoms with Gasteiger partial charge in [-0.25, -0.2) is 0 Å². The van der Waals surface area contributed by atoms with Gasteiger partial charge in [0.1, 0.15) is 0 Å². The highest BCUT2D eigenvalue weighted by Gasteiger charge is 2.51. The van der Waals surface area contributed by atoms with Gasteiger partial charge in [0.15, 0.2) is 5.78 Å². The molecule has 0 aliphatic heterocycles. The molecule has 0 amide bonds. The quantitative estimate of drug-likeness (QED) is 0.383. The molecule has 3 atom stereocenters. The summed E-state index contributed by atoms with van der Waals surface area (Å²) < 4.78 is 0. The van der Waals surface area contributed by atoms with Crippen molar-refractivity contribution in [2.45, 2.75) is 82.5 Å². The maximum absolute atomic E-state index is 13.4. The fourth-order valence-electron chi connectivity index (χ4n) is 5.06. The minimum Gasteiger partial charge on any atom is -0.294 e. The maximum Gasteiger partial charge on any atom is 0.165 e. The zero-order valence-electron chi connectivity index (χ0n) is 16.6. The molecular formula is C21H36OSi2. The van der Waals surface area contributed by atoms with Crippen LogP contribution >= 0.6 is 0 Å². The Balaban J connectivity index is 2.39. The summed E-state index contributed by atoms with van der Waals surface area (Å²) in [7, 11) is -2.56. The molecule has 0 unspecified atom stereocenters. The first-order chi connectivity index (χ1) is 11.3. The first-order valence-electron chi connectivity index (χ1n) is 9.88. The molecule has 0 aromatic heterocycles. The molecule has 0 spiro atoms. The van der Waals surface area contributed by atoms with Crippen molar-refractivity contribution in [3.8, 4) is 0 Å². The Morgan fingerprint density at radius 3 is 1.96 bits per heavy atom. The lowest BCUT2D eigenvalue weighted by Gasteiger charge is -2.38. The number of benzene rings is 1. The van der Waals surface area contributed by atoms with Crippen molar-refractivity contribution in [1.29, 1.82) is 0 Å². The van der Waals surface area contributed by atoms with E-state index in [-0.39, 0.29) is 5.92 Å². The second-order valence-electron chi connectivity index (χ2n) is 8.90. The van der Waals surface area contributed by atoms with E-state index in [0.29, 0.717) is 11.3 Å². The van der Waals surface area contributed by atoms with Crippen LogP contribution < -0.4 is 0 Å². The number of hydrogen-bond donors (Lipinski definition) is 0. The molecule has 1 aromatic carbocycles. The Kier molecular flexibility index (Phi) is 6.30. The van der Waals surface area contributed by atoms with Crippen molar-refractivity contribution < 1.29 is 4.79 Å². The van der Waals surface area contributed by atoms with E-state index in [9.17, 15) is 4.79 Å². The monoisotopic (exact) mass is 360 g/mol. The molecule has 1 fully saturated rings. The normalized spacial score (nSPS) is 25.0. The first kappa shape index (κ1) is 19.6. The number of rotatable bonds is 7. The Morgan fingerprint density at radius 2 is 1.50 bits per heavy atom. The Bertz CT molecular complexity index is 534. The third-order valence-corrected chi connectivity index (χ3v) is 16.4. The van der Waals surface area contributed by atoms with E-state index in [4.69, 9.17) is 0 Å². The SMILES string of the molecule is CC[Si](CC)(CC)[C@H]1C[C@@H]([Si](C)(C)C)C[C@@H]1C(=O)c1ccccc1. The molecule has 0 saturated heterocycles. The zero-order valence-corrected chi connectivity index (χ0v) is 18.6. The average Bonchev–Trinajstić information content (AvgIpc) is 3.03. The fourth-order valence-corrected chi connectivity index (χ4v) is 12.2. The molecule has 1 nitrogen and oxygen atoms in total. The average molecular weight is 361 g/mol. The minimum atomic E-state index is -1.36. The molecule has 0 heterocycles. The molecule has 1 aromatic rings. The van der Waals surface area contributed by atoms with Crippen LogP contribution in [-0.4, -0.2) is 21.9 Å². The van der Waals surface area contributed by atoms with Gasteiger partial charge >= 0.3 is 0 Å². The molecule has 0 bridgehead atoms.